The van der Waals surface area contributed by atoms with E-state index in [0.29, 0.717) is 6.04 Å². The molecule has 0 amide bonds. The first-order valence-electron chi connectivity index (χ1n) is 8.28. The number of aromatic nitrogens is 5. The summed E-state index contributed by atoms with van der Waals surface area (Å²) in [5.74, 6) is 1.93. The van der Waals surface area contributed by atoms with Crippen LogP contribution in [0.4, 0.5) is 11.6 Å². The molecule has 1 aliphatic rings. The van der Waals surface area contributed by atoms with E-state index in [9.17, 15) is 0 Å². The van der Waals surface area contributed by atoms with Gasteiger partial charge in [-0.25, -0.2) is 9.97 Å². The fourth-order valence-electron chi connectivity index (χ4n) is 3.35. The summed E-state index contributed by atoms with van der Waals surface area (Å²) in [5.41, 5.74) is 1.82. The Morgan fingerprint density at radius 1 is 1.21 bits per heavy atom. The summed E-state index contributed by atoms with van der Waals surface area (Å²) >= 11 is 0. The van der Waals surface area contributed by atoms with Crippen LogP contribution in [0, 0.1) is 6.92 Å². The minimum Gasteiger partial charge on any atom is -0.354 e. The topological polar surface area (TPSA) is 73.8 Å². The van der Waals surface area contributed by atoms with Crippen molar-refractivity contribution in [1.29, 1.82) is 0 Å². The van der Waals surface area contributed by atoms with Crippen molar-refractivity contribution in [3.05, 3.63) is 36.4 Å². The number of nitrogens with zero attached hydrogens (tertiary/aromatic N) is 6. The minimum absolute atomic E-state index is 0.384. The number of rotatable bonds is 3. The van der Waals surface area contributed by atoms with Gasteiger partial charge in [0.2, 0.25) is 0 Å². The second-order valence-corrected chi connectivity index (χ2v) is 6.32. The van der Waals surface area contributed by atoms with Gasteiger partial charge < -0.3 is 14.8 Å². The van der Waals surface area contributed by atoms with Crippen LogP contribution in [-0.4, -0.2) is 51.3 Å². The number of likely N-dealkylation sites (N-methyl/N-ethyl adjacent to an activating group) is 1. The van der Waals surface area contributed by atoms with Gasteiger partial charge in [-0.05, 0) is 38.0 Å². The summed E-state index contributed by atoms with van der Waals surface area (Å²) in [6, 6.07) is 6.49. The molecule has 0 spiro atoms. The molecule has 124 valence electrons. The molecule has 7 heteroatoms. The highest BCUT2D eigenvalue weighted by molar-refractivity contribution is 5.87. The number of anilines is 2. The normalized spacial score (nSPS) is 18.1. The third-order valence-electron chi connectivity index (χ3n) is 4.72. The summed E-state index contributed by atoms with van der Waals surface area (Å²) < 4.78 is 0. The van der Waals surface area contributed by atoms with Crippen LogP contribution in [0.2, 0.25) is 0 Å². The Kier molecular flexibility index (Phi) is 3.76. The van der Waals surface area contributed by atoms with Crippen molar-refractivity contribution in [2.24, 2.45) is 0 Å². The molecule has 1 saturated heterocycles. The Balaban J connectivity index is 1.57. The molecule has 0 saturated carbocycles. The molecule has 4 rings (SSSR count). The molecular formula is C17H21N7. The maximum Gasteiger partial charge on any atom is 0.151 e. The molecule has 3 aromatic rings. The van der Waals surface area contributed by atoms with Gasteiger partial charge >= 0.3 is 0 Å². The molecule has 24 heavy (non-hydrogen) atoms. The lowest BCUT2D eigenvalue weighted by Gasteiger charge is -2.38. The van der Waals surface area contributed by atoms with Crippen LogP contribution in [0.25, 0.3) is 11.0 Å². The third-order valence-corrected chi connectivity index (χ3v) is 4.72. The third kappa shape index (κ3) is 2.66. The standard InChI is InChI=1S/C17H21N7/c1-12-5-6-15(22-21-12)24-9-3-4-13(10-24)23(2)17-14-7-8-18-16(14)19-11-20-17/h5-8,11,13H,3-4,9-10H2,1-2H3,(H,18,19,20). The summed E-state index contributed by atoms with van der Waals surface area (Å²) in [6.45, 7) is 3.90. The largest absolute Gasteiger partial charge is 0.354 e. The smallest absolute Gasteiger partial charge is 0.151 e. The number of aromatic amines is 1. The molecule has 4 heterocycles. The molecule has 1 unspecified atom stereocenters. The van der Waals surface area contributed by atoms with Gasteiger partial charge in [-0.1, -0.05) is 0 Å². The number of piperidine rings is 1. The Bertz CT molecular complexity index is 826. The van der Waals surface area contributed by atoms with E-state index in [4.69, 9.17) is 0 Å². The Labute approximate surface area is 140 Å². The monoisotopic (exact) mass is 323 g/mol. The van der Waals surface area contributed by atoms with Crippen LogP contribution in [0.3, 0.4) is 0 Å². The summed E-state index contributed by atoms with van der Waals surface area (Å²) in [7, 11) is 2.11. The zero-order chi connectivity index (χ0) is 16.5. The number of H-pyrrole nitrogens is 1. The highest BCUT2D eigenvalue weighted by atomic mass is 15.3. The Morgan fingerprint density at radius 3 is 2.96 bits per heavy atom. The second kappa shape index (κ2) is 6.07. The predicted molar refractivity (Wildman–Crippen MR) is 94.3 cm³/mol. The first-order chi connectivity index (χ1) is 11.7. The first kappa shape index (κ1) is 14.9. The zero-order valence-corrected chi connectivity index (χ0v) is 14.0. The van der Waals surface area contributed by atoms with Crippen LogP contribution >= 0.6 is 0 Å². The van der Waals surface area contributed by atoms with E-state index in [-0.39, 0.29) is 0 Å². The Hall–Kier alpha value is -2.70. The lowest BCUT2D eigenvalue weighted by molar-refractivity contribution is 0.483. The van der Waals surface area contributed by atoms with Gasteiger partial charge in [0.05, 0.1) is 11.1 Å². The van der Waals surface area contributed by atoms with Crippen molar-refractivity contribution in [3.63, 3.8) is 0 Å². The lowest BCUT2D eigenvalue weighted by atomic mass is 10.0. The van der Waals surface area contributed by atoms with E-state index < -0.39 is 0 Å². The molecule has 0 bridgehead atoms. The van der Waals surface area contributed by atoms with Gasteiger partial charge in [-0.3, -0.25) is 0 Å². The lowest BCUT2D eigenvalue weighted by Crippen LogP contribution is -2.47. The average molecular weight is 323 g/mol. The van der Waals surface area contributed by atoms with Crippen molar-refractivity contribution >= 4 is 22.7 Å². The molecule has 1 aliphatic heterocycles. The van der Waals surface area contributed by atoms with Crippen LogP contribution in [-0.2, 0) is 0 Å². The maximum atomic E-state index is 4.51. The van der Waals surface area contributed by atoms with Crippen molar-refractivity contribution < 1.29 is 0 Å². The minimum atomic E-state index is 0.384. The fourth-order valence-corrected chi connectivity index (χ4v) is 3.35. The maximum absolute atomic E-state index is 4.51. The predicted octanol–water partition coefficient (Wildman–Crippen LogP) is 2.16. The molecule has 7 nitrogen and oxygen atoms in total. The van der Waals surface area contributed by atoms with Gasteiger partial charge in [-0.15, -0.1) is 5.10 Å². The molecule has 0 radical (unpaired) electrons. The molecule has 0 aromatic carbocycles. The van der Waals surface area contributed by atoms with E-state index in [1.54, 1.807) is 6.33 Å². The number of hydrogen-bond acceptors (Lipinski definition) is 6. The summed E-state index contributed by atoms with van der Waals surface area (Å²) in [4.78, 5) is 16.5. The molecule has 3 aromatic heterocycles. The summed E-state index contributed by atoms with van der Waals surface area (Å²) in [6.07, 6.45) is 5.80. The Morgan fingerprint density at radius 2 is 2.12 bits per heavy atom. The SMILES string of the molecule is Cc1ccc(N2CCCC(N(C)c3ncnc4[nH]ccc34)C2)nn1. The highest BCUT2D eigenvalue weighted by Gasteiger charge is 2.26. The van der Waals surface area contributed by atoms with E-state index in [1.165, 1.54) is 0 Å². The van der Waals surface area contributed by atoms with Crippen LogP contribution < -0.4 is 9.80 Å². The van der Waals surface area contributed by atoms with Gasteiger partial charge in [-0.2, -0.15) is 5.10 Å². The van der Waals surface area contributed by atoms with Gasteiger partial charge in [0.1, 0.15) is 17.8 Å². The molecule has 0 aliphatic carbocycles. The highest BCUT2D eigenvalue weighted by Crippen LogP contribution is 2.27. The number of aryl methyl sites for hydroxylation is 1. The van der Waals surface area contributed by atoms with Gasteiger partial charge in [0.15, 0.2) is 5.82 Å². The molecular weight excluding hydrogens is 302 g/mol. The van der Waals surface area contributed by atoms with E-state index in [1.807, 2.05) is 25.3 Å². The summed E-state index contributed by atoms with van der Waals surface area (Å²) in [5, 5.41) is 9.59. The van der Waals surface area contributed by atoms with Crippen molar-refractivity contribution in [3.8, 4) is 0 Å². The zero-order valence-electron chi connectivity index (χ0n) is 14.0. The number of hydrogen-bond donors (Lipinski definition) is 1. The van der Waals surface area contributed by atoms with Crippen molar-refractivity contribution in [1.82, 2.24) is 25.1 Å². The van der Waals surface area contributed by atoms with Gasteiger partial charge in [0, 0.05) is 32.4 Å². The van der Waals surface area contributed by atoms with Crippen molar-refractivity contribution in [2.75, 3.05) is 29.9 Å². The quantitative estimate of drug-likeness (QED) is 0.796. The van der Waals surface area contributed by atoms with Crippen molar-refractivity contribution in [2.45, 2.75) is 25.8 Å². The molecule has 1 fully saturated rings. The number of nitrogens with one attached hydrogen (secondary N) is 1. The first-order valence-corrected chi connectivity index (χ1v) is 8.28. The van der Waals surface area contributed by atoms with E-state index >= 15 is 0 Å². The van der Waals surface area contributed by atoms with Gasteiger partial charge in [0.25, 0.3) is 0 Å². The number of fused-ring (bicyclic) bond motifs is 1. The van der Waals surface area contributed by atoms with E-state index in [2.05, 4.69) is 48.1 Å². The second-order valence-electron chi connectivity index (χ2n) is 6.32. The fraction of sp³-hybridized carbons (Fsp3) is 0.412. The molecule has 1 atom stereocenters. The van der Waals surface area contributed by atoms with E-state index in [0.717, 1.165) is 54.3 Å². The molecule has 1 N–H and O–H groups in total. The van der Waals surface area contributed by atoms with Crippen LogP contribution in [0.5, 0.6) is 0 Å². The van der Waals surface area contributed by atoms with Crippen LogP contribution in [0.15, 0.2) is 30.7 Å². The average Bonchev–Trinajstić information content (AvgIpc) is 3.10. The van der Waals surface area contributed by atoms with Crippen LogP contribution in [0.1, 0.15) is 18.5 Å².